The summed E-state index contributed by atoms with van der Waals surface area (Å²) in [6.45, 7) is 6.13. The molecule has 2 N–H and O–H groups in total. The van der Waals surface area contributed by atoms with Crippen molar-refractivity contribution in [3.63, 3.8) is 0 Å². The van der Waals surface area contributed by atoms with Crippen LogP contribution in [-0.4, -0.2) is 39.8 Å². The molecule has 1 unspecified atom stereocenters. The molecule has 0 bridgehead atoms. The zero-order valence-electron chi connectivity index (χ0n) is 11.1. The van der Waals surface area contributed by atoms with Crippen molar-refractivity contribution >= 4 is 5.97 Å². The van der Waals surface area contributed by atoms with E-state index in [9.17, 15) is 15.0 Å². The number of hydrogen-bond acceptors (Lipinski definition) is 3. The molecule has 0 aliphatic rings. The zero-order chi connectivity index (χ0) is 13.8. The van der Waals surface area contributed by atoms with Crippen LogP contribution in [0.15, 0.2) is 30.3 Å². The Hall–Kier alpha value is -1.39. The highest BCUT2D eigenvalue weighted by atomic mass is 16.4. The summed E-state index contributed by atoms with van der Waals surface area (Å²) in [5, 5.41) is 19.3. The van der Waals surface area contributed by atoms with Crippen LogP contribution in [0.5, 0.6) is 0 Å². The average Bonchev–Trinajstić information content (AvgIpc) is 2.27. The Bertz CT molecular complexity index is 384. The quantitative estimate of drug-likeness (QED) is 0.810. The monoisotopic (exact) mass is 251 g/mol. The van der Waals surface area contributed by atoms with E-state index in [0.717, 1.165) is 5.56 Å². The molecule has 100 valence electrons. The third-order valence-electron chi connectivity index (χ3n) is 2.71. The molecule has 0 aliphatic heterocycles. The Balaban J connectivity index is 3.00. The van der Waals surface area contributed by atoms with Gasteiger partial charge in [0.1, 0.15) is 6.04 Å². The Morgan fingerprint density at radius 1 is 1.33 bits per heavy atom. The van der Waals surface area contributed by atoms with Crippen LogP contribution < -0.4 is 0 Å². The molecule has 4 heteroatoms. The van der Waals surface area contributed by atoms with Gasteiger partial charge in [-0.15, -0.1) is 0 Å². The third-order valence-corrected chi connectivity index (χ3v) is 2.71. The average molecular weight is 251 g/mol. The lowest BCUT2D eigenvalue weighted by atomic mass is 10.0. The second kappa shape index (κ2) is 5.98. The summed E-state index contributed by atoms with van der Waals surface area (Å²) >= 11 is 0. The summed E-state index contributed by atoms with van der Waals surface area (Å²) in [6.07, 6.45) is 0. The molecule has 18 heavy (non-hydrogen) atoms. The first kappa shape index (κ1) is 14.7. The van der Waals surface area contributed by atoms with Crippen LogP contribution in [0.2, 0.25) is 0 Å². The van der Waals surface area contributed by atoms with E-state index in [1.54, 1.807) is 30.9 Å². The lowest BCUT2D eigenvalue weighted by Crippen LogP contribution is -2.43. The maximum absolute atomic E-state index is 11.5. The summed E-state index contributed by atoms with van der Waals surface area (Å²) in [5.41, 5.74) is -0.186. The summed E-state index contributed by atoms with van der Waals surface area (Å²) in [5.74, 6) is -0.896. The minimum Gasteiger partial charge on any atom is -0.480 e. The Kier molecular flexibility index (Phi) is 4.87. The van der Waals surface area contributed by atoms with Crippen molar-refractivity contribution in [2.75, 3.05) is 13.1 Å². The molecule has 1 aromatic carbocycles. The van der Waals surface area contributed by atoms with E-state index in [4.69, 9.17) is 0 Å². The number of nitrogens with zero attached hydrogens (tertiary/aromatic N) is 1. The number of rotatable bonds is 6. The summed E-state index contributed by atoms with van der Waals surface area (Å²) in [7, 11) is 0. The van der Waals surface area contributed by atoms with Crippen molar-refractivity contribution in [3.8, 4) is 0 Å². The third kappa shape index (κ3) is 4.13. The van der Waals surface area contributed by atoms with E-state index < -0.39 is 17.6 Å². The second-order valence-electron chi connectivity index (χ2n) is 5.03. The second-order valence-corrected chi connectivity index (χ2v) is 5.03. The van der Waals surface area contributed by atoms with Crippen molar-refractivity contribution in [2.24, 2.45) is 0 Å². The highest BCUT2D eigenvalue weighted by molar-refractivity contribution is 5.75. The predicted molar refractivity (Wildman–Crippen MR) is 70.4 cm³/mol. The molecule has 0 spiro atoms. The topological polar surface area (TPSA) is 60.8 Å². The SMILES string of the molecule is CCN(CC(C)(C)O)C(C(=O)O)c1ccccc1. The van der Waals surface area contributed by atoms with Gasteiger partial charge in [-0.2, -0.15) is 0 Å². The van der Waals surface area contributed by atoms with Gasteiger partial charge in [0.2, 0.25) is 0 Å². The van der Waals surface area contributed by atoms with Crippen molar-refractivity contribution in [2.45, 2.75) is 32.4 Å². The smallest absolute Gasteiger partial charge is 0.325 e. The first-order valence-corrected chi connectivity index (χ1v) is 6.09. The van der Waals surface area contributed by atoms with Gasteiger partial charge in [0, 0.05) is 6.54 Å². The van der Waals surface area contributed by atoms with Crippen LogP contribution >= 0.6 is 0 Å². The number of aliphatic carboxylic acids is 1. The van der Waals surface area contributed by atoms with E-state index in [2.05, 4.69) is 0 Å². The standard InChI is InChI=1S/C14H21NO3/c1-4-15(10-14(2,3)18)12(13(16)17)11-8-6-5-7-9-11/h5-9,12,18H,4,10H2,1-3H3,(H,16,17). The molecule has 0 aliphatic carbocycles. The van der Waals surface area contributed by atoms with Gasteiger partial charge in [-0.3, -0.25) is 9.69 Å². The zero-order valence-corrected chi connectivity index (χ0v) is 11.1. The molecule has 0 heterocycles. The molecule has 4 nitrogen and oxygen atoms in total. The summed E-state index contributed by atoms with van der Waals surface area (Å²) in [6, 6.07) is 8.38. The van der Waals surface area contributed by atoms with E-state index in [1.165, 1.54) is 0 Å². The minimum absolute atomic E-state index is 0.315. The highest BCUT2D eigenvalue weighted by Crippen LogP contribution is 2.22. The van der Waals surface area contributed by atoms with Crippen molar-refractivity contribution < 1.29 is 15.0 Å². The van der Waals surface area contributed by atoms with Crippen LogP contribution in [0.1, 0.15) is 32.4 Å². The molecule has 1 atom stereocenters. The van der Waals surface area contributed by atoms with Gasteiger partial charge in [0.05, 0.1) is 5.60 Å². The van der Waals surface area contributed by atoms with Gasteiger partial charge in [-0.25, -0.2) is 0 Å². The van der Waals surface area contributed by atoms with E-state index in [-0.39, 0.29) is 0 Å². The molecule has 0 radical (unpaired) electrons. The van der Waals surface area contributed by atoms with Crippen molar-refractivity contribution in [1.82, 2.24) is 4.90 Å². The lowest BCUT2D eigenvalue weighted by Gasteiger charge is -2.32. The predicted octanol–water partition coefficient (Wildman–Crippen LogP) is 1.91. The first-order valence-electron chi connectivity index (χ1n) is 6.09. The molecule has 0 saturated carbocycles. The summed E-state index contributed by atoms with van der Waals surface area (Å²) in [4.78, 5) is 13.2. The van der Waals surface area contributed by atoms with Crippen LogP contribution in [0.3, 0.4) is 0 Å². The van der Waals surface area contributed by atoms with Gasteiger partial charge >= 0.3 is 5.97 Å². The highest BCUT2D eigenvalue weighted by Gasteiger charge is 2.29. The van der Waals surface area contributed by atoms with Gasteiger partial charge in [0.15, 0.2) is 0 Å². The Morgan fingerprint density at radius 3 is 2.28 bits per heavy atom. The minimum atomic E-state index is -0.918. The normalized spacial score (nSPS) is 13.6. The number of hydrogen-bond donors (Lipinski definition) is 2. The maximum atomic E-state index is 11.5. The molecule has 1 aromatic rings. The molecular formula is C14H21NO3. The fraction of sp³-hybridized carbons (Fsp3) is 0.500. The van der Waals surface area contributed by atoms with E-state index >= 15 is 0 Å². The Labute approximate surface area is 108 Å². The van der Waals surface area contributed by atoms with Crippen LogP contribution in [0.25, 0.3) is 0 Å². The fourth-order valence-corrected chi connectivity index (χ4v) is 2.03. The molecule has 0 aromatic heterocycles. The molecular weight excluding hydrogens is 230 g/mol. The number of benzene rings is 1. The molecule has 0 saturated heterocycles. The van der Waals surface area contributed by atoms with Crippen molar-refractivity contribution in [1.29, 1.82) is 0 Å². The molecule has 0 fully saturated rings. The molecule has 0 amide bonds. The van der Waals surface area contributed by atoms with E-state index in [0.29, 0.717) is 13.1 Å². The number of likely N-dealkylation sites (N-methyl/N-ethyl adjacent to an activating group) is 1. The van der Waals surface area contributed by atoms with Crippen molar-refractivity contribution in [3.05, 3.63) is 35.9 Å². The van der Waals surface area contributed by atoms with Gasteiger partial charge in [0.25, 0.3) is 0 Å². The first-order chi connectivity index (χ1) is 8.35. The van der Waals surface area contributed by atoms with Crippen LogP contribution in [0.4, 0.5) is 0 Å². The van der Waals surface area contributed by atoms with E-state index in [1.807, 2.05) is 25.1 Å². The van der Waals surface area contributed by atoms with Gasteiger partial charge in [-0.05, 0) is 26.0 Å². The largest absolute Gasteiger partial charge is 0.480 e. The lowest BCUT2D eigenvalue weighted by molar-refractivity contribution is -0.144. The Morgan fingerprint density at radius 2 is 1.89 bits per heavy atom. The molecule has 1 rings (SSSR count). The summed E-state index contributed by atoms with van der Waals surface area (Å²) < 4.78 is 0. The fourth-order valence-electron chi connectivity index (χ4n) is 2.03. The number of carbonyl (C=O) groups is 1. The van der Waals surface area contributed by atoms with Gasteiger partial charge < -0.3 is 10.2 Å². The van der Waals surface area contributed by atoms with Crippen LogP contribution in [-0.2, 0) is 4.79 Å². The number of carboxylic acid groups (broad SMARTS) is 1. The van der Waals surface area contributed by atoms with Crippen LogP contribution in [0, 0.1) is 0 Å². The maximum Gasteiger partial charge on any atom is 0.325 e. The number of carboxylic acids is 1. The number of aliphatic hydroxyl groups is 1. The van der Waals surface area contributed by atoms with Gasteiger partial charge in [-0.1, -0.05) is 37.3 Å².